The van der Waals surface area contributed by atoms with Gasteiger partial charge in [0.1, 0.15) is 5.75 Å². The summed E-state index contributed by atoms with van der Waals surface area (Å²) in [6.45, 7) is 4.25. The van der Waals surface area contributed by atoms with Crippen molar-refractivity contribution >= 4 is 6.09 Å². The molecule has 3 atom stereocenters. The average molecular weight is 371 g/mol. The SMILES string of the molecule is COc1ccc(C2CN(C(=O)O)CC2(C)C(C)O)cc1Oc1ccccc1. The summed E-state index contributed by atoms with van der Waals surface area (Å²) in [5, 5.41) is 19.8. The van der Waals surface area contributed by atoms with E-state index >= 15 is 0 Å². The van der Waals surface area contributed by atoms with Crippen LogP contribution in [0.15, 0.2) is 48.5 Å². The normalized spacial score (nSPS) is 23.1. The summed E-state index contributed by atoms with van der Waals surface area (Å²) in [5.41, 5.74) is 0.325. The summed E-state index contributed by atoms with van der Waals surface area (Å²) in [4.78, 5) is 12.9. The number of rotatable bonds is 5. The Morgan fingerprint density at radius 3 is 2.52 bits per heavy atom. The Hall–Kier alpha value is -2.73. The number of ether oxygens (including phenoxy) is 2. The average Bonchev–Trinajstić information content (AvgIpc) is 3.02. The molecule has 0 aliphatic carbocycles. The first-order valence-electron chi connectivity index (χ1n) is 8.92. The molecule has 0 bridgehead atoms. The minimum atomic E-state index is -0.973. The number of hydrogen-bond acceptors (Lipinski definition) is 4. The minimum absolute atomic E-state index is 0.155. The maximum absolute atomic E-state index is 11.5. The molecule has 0 saturated carbocycles. The molecule has 6 heteroatoms. The van der Waals surface area contributed by atoms with Crippen molar-refractivity contribution in [3.63, 3.8) is 0 Å². The number of likely N-dealkylation sites (tertiary alicyclic amines) is 1. The van der Waals surface area contributed by atoms with Crippen molar-refractivity contribution in [3.05, 3.63) is 54.1 Å². The Labute approximate surface area is 159 Å². The van der Waals surface area contributed by atoms with Crippen molar-refractivity contribution in [1.29, 1.82) is 0 Å². The number of nitrogens with zero attached hydrogens (tertiary/aromatic N) is 1. The molecular formula is C21H25NO5. The zero-order valence-corrected chi connectivity index (χ0v) is 15.8. The van der Waals surface area contributed by atoms with Crippen LogP contribution >= 0.6 is 0 Å². The molecule has 2 aromatic rings. The second-order valence-corrected chi connectivity index (χ2v) is 7.22. The van der Waals surface area contributed by atoms with E-state index < -0.39 is 17.6 Å². The first-order valence-corrected chi connectivity index (χ1v) is 8.92. The molecule has 1 saturated heterocycles. The van der Waals surface area contributed by atoms with Gasteiger partial charge in [0, 0.05) is 24.4 Å². The number of aliphatic hydroxyl groups excluding tert-OH is 1. The standard InChI is InChI=1S/C21H25NO5/c1-14(23)21(2)13-22(20(24)25)12-17(21)15-9-10-18(26-3)19(11-15)27-16-7-5-4-6-8-16/h4-11,14,17,23H,12-13H2,1-3H3,(H,24,25). The maximum atomic E-state index is 11.5. The van der Waals surface area contributed by atoms with E-state index in [4.69, 9.17) is 9.47 Å². The van der Waals surface area contributed by atoms with Crippen LogP contribution in [0.4, 0.5) is 4.79 Å². The molecule has 1 aliphatic heterocycles. The van der Waals surface area contributed by atoms with Crippen LogP contribution in [0.5, 0.6) is 17.2 Å². The number of carboxylic acid groups (broad SMARTS) is 1. The summed E-state index contributed by atoms with van der Waals surface area (Å²) in [6.07, 6.45) is -1.63. The first kappa shape index (κ1) is 19.0. The lowest BCUT2D eigenvalue weighted by Crippen LogP contribution is -2.37. The molecule has 2 N–H and O–H groups in total. The molecule has 2 aromatic carbocycles. The minimum Gasteiger partial charge on any atom is -0.493 e. The van der Waals surface area contributed by atoms with Crippen LogP contribution in [0.3, 0.4) is 0 Å². The highest BCUT2D eigenvalue weighted by Crippen LogP contribution is 2.47. The molecule has 3 unspecified atom stereocenters. The van der Waals surface area contributed by atoms with Crippen LogP contribution in [0.1, 0.15) is 25.3 Å². The molecule has 144 valence electrons. The fraction of sp³-hybridized carbons (Fsp3) is 0.381. The summed E-state index contributed by atoms with van der Waals surface area (Å²) < 4.78 is 11.4. The molecule has 1 aliphatic rings. The van der Waals surface area contributed by atoms with Gasteiger partial charge in [-0.2, -0.15) is 0 Å². The summed E-state index contributed by atoms with van der Waals surface area (Å²) in [6, 6.07) is 15.0. The van der Waals surface area contributed by atoms with Crippen LogP contribution < -0.4 is 9.47 Å². The van der Waals surface area contributed by atoms with Crippen molar-refractivity contribution in [2.24, 2.45) is 5.41 Å². The molecule has 0 spiro atoms. The van der Waals surface area contributed by atoms with Gasteiger partial charge in [-0.1, -0.05) is 31.2 Å². The van der Waals surface area contributed by atoms with Gasteiger partial charge in [0.2, 0.25) is 0 Å². The van der Waals surface area contributed by atoms with Crippen LogP contribution in [-0.4, -0.2) is 47.5 Å². The molecular weight excluding hydrogens is 346 g/mol. The molecule has 0 radical (unpaired) electrons. The van der Waals surface area contributed by atoms with Gasteiger partial charge in [0.05, 0.1) is 13.2 Å². The Morgan fingerprint density at radius 2 is 1.93 bits per heavy atom. The molecule has 27 heavy (non-hydrogen) atoms. The molecule has 1 amide bonds. The lowest BCUT2D eigenvalue weighted by atomic mass is 9.72. The summed E-state index contributed by atoms with van der Waals surface area (Å²) in [5.74, 6) is 1.68. The van der Waals surface area contributed by atoms with E-state index in [-0.39, 0.29) is 12.5 Å². The lowest BCUT2D eigenvalue weighted by molar-refractivity contribution is 0.0481. The maximum Gasteiger partial charge on any atom is 0.407 e. The lowest BCUT2D eigenvalue weighted by Gasteiger charge is -2.33. The van der Waals surface area contributed by atoms with E-state index in [1.165, 1.54) is 4.90 Å². The van der Waals surface area contributed by atoms with Crippen LogP contribution in [0.2, 0.25) is 0 Å². The Balaban J connectivity index is 1.98. The summed E-state index contributed by atoms with van der Waals surface area (Å²) in [7, 11) is 1.58. The topological polar surface area (TPSA) is 79.2 Å². The number of hydrogen-bond donors (Lipinski definition) is 2. The largest absolute Gasteiger partial charge is 0.493 e. The predicted octanol–water partition coefficient (Wildman–Crippen LogP) is 3.95. The van der Waals surface area contributed by atoms with Crippen LogP contribution in [-0.2, 0) is 0 Å². The van der Waals surface area contributed by atoms with E-state index in [0.29, 0.717) is 23.8 Å². The van der Waals surface area contributed by atoms with E-state index in [2.05, 4.69) is 0 Å². The quantitative estimate of drug-likeness (QED) is 0.832. The fourth-order valence-corrected chi connectivity index (χ4v) is 3.68. The van der Waals surface area contributed by atoms with Gasteiger partial charge in [-0.3, -0.25) is 0 Å². The third kappa shape index (κ3) is 3.71. The monoisotopic (exact) mass is 371 g/mol. The van der Waals surface area contributed by atoms with Crippen molar-refractivity contribution in [1.82, 2.24) is 4.90 Å². The van der Waals surface area contributed by atoms with Crippen LogP contribution in [0.25, 0.3) is 0 Å². The highest BCUT2D eigenvalue weighted by molar-refractivity contribution is 5.66. The predicted molar refractivity (Wildman–Crippen MR) is 102 cm³/mol. The van der Waals surface area contributed by atoms with Crippen molar-refractivity contribution in [3.8, 4) is 17.2 Å². The Morgan fingerprint density at radius 1 is 1.22 bits per heavy atom. The number of amides is 1. The molecule has 3 rings (SSSR count). The Kier molecular flexibility index (Phi) is 5.28. The van der Waals surface area contributed by atoms with Gasteiger partial charge in [-0.15, -0.1) is 0 Å². The smallest absolute Gasteiger partial charge is 0.407 e. The molecule has 1 fully saturated rings. The van der Waals surface area contributed by atoms with Gasteiger partial charge in [0.25, 0.3) is 0 Å². The van der Waals surface area contributed by atoms with Gasteiger partial charge in [-0.05, 0) is 36.8 Å². The first-order chi connectivity index (χ1) is 12.8. The number of methoxy groups -OCH3 is 1. The van der Waals surface area contributed by atoms with Gasteiger partial charge >= 0.3 is 6.09 Å². The van der Waals surface area contributed by atoms with E-state index in [1.54, 1.807) is 14.0 Å². The van der Waals surface area contributed by atoms with Gasteiger partial charge in [-0.25, -0.2) is 4.79 Å². The van der Waals surface area contributed by atoms with Gasteiger partial charge in [0.15, 0.2) is 11.5 Å². The molecule has 1 heterocycles. The Bertz CT molecular complexity index is 807. The zero-order valence-electron chi connectivity index (χ0n) is 15.8. The van der Waals surface area contributed by atoms with E-state index in [0.717, 1.165) is 5.56 Å². The number of para-hydroxylation sites is 1. The third-order valence-electron chi connectivity index (χ3n) is 5.52. The van der Waals surface area contributed by atoms with Crippen molar-refractivity contribution < 1.29 is 24.5 Å². The number of aliphatic hydroxyl groups is 1. The third-order valence-corrected chi connectivity index (χ3v) is 5.52. The second-order valence-electron chi connectivity index (χ2n) is 7.22. The van der Waals surface area contributed by atoms with E-state index in [9.17, 15) is 15.0 Å². The second kappa shape index (κ2) is 7.48. The van der Waals surface area contributed by atoms with Crippen molar-refractivity contribution in [2.75, 3.05) is 20.2 Å². The zero-order chi connectivity index (χ0) is 19.6. The van der Waals surface area contributed by atoms with Gasteiger partial charge < -0.3 is 24.6 Å². The summed E-state index contributed by atoms with van der Waals surface area (Å²) >= 11 is 0. The van der Waals surface area contributed by atoms with Crippen LogP contribution in [0, 0.1) is 5.41 Å². The molecule has 6 nitrogen and oxygen atoms in total. The fourth-order valence-electron chi connectivity index (χ4n) is 3.68. The highest BCUT2D eigenvalue weighted by Gasteiger charge is 2.48. The van der Waals surface area contributed by atoms with Crippen molar-refractivity contribution in [2.45, 2.75) is 25.9 Å². The van der Waals surface area contributed by atoms with E-state index in [1.807, 2.05) is 55.5 Å². The number of carbonyl (C=O) groups is 1. The highest BCUT2D eigenvalue weighted by atomic mass is 16.5. The molecule has 0 aromatic heterocycles. The number of benzene rings is 2.